The van der Waals surface area contributed by atoms with E-state index in [0.29, 0.717) is 22.8 Å². The van der Waals surface area contributed by atoms with Gasteiger partial charge in [-0.15, -0.1) is 0 Å². The molecule has 0 amide bonds. The molecule has 5 heteroatoms. The molecular weight excluding hydrogens is 240 g/mol. The second kappa shape index (κ2) is 4.53. The number of aromatic nitrogens is 1. The van der Waals surface area contributed by atoms with E-state index in [4.69, 9.17) is 16.7 Å². The standard InChI is InChI=1S/C12H15ClN2O2/c1-7-5-15(6-8(7)2)11-9(12(16)17)3-4-10(13)14-11/h3-4,7-8H,5-6H2,1-2H3,(H,16,17). The second-order valence-electron chi connectivity index (χ2n) is 4.67. The highest BCUT2D eigenvalue weighted by Gasteiger charge is 2.29. The minimum Gasteiger partial charge on any atom is -0.478 e. The van der Waals surface area contributed by atoms with Gasteiger partial charge in [0.1, 0.15) is 16.5 Å². The maximum atomic E-state index is 11.1. The van der Waals surface area contributed by atoms with Gasteiger partial charge in [0, 0.05) is 13.1 Å². The van der Waals surface area contributed by atoms with Crippen molar-refractivity contribution in [2.75, 3.05) is 18.0 Å². The third kappa shape index (κ3) is 2.36. The van der Waals surface area contributed by atoms with Crippen molar-refractivity contribution in [3.63, 3.8) is 0 Å². The van der Waals surface area contributed by atoms with Crippen molar-refractivity contribution in [1.29, 1.82) is 0 Å². The third-order valence-electron chi connectivity index (χ3n) is 3.36. The Morgan fingerprint density at radius 3 is 2.53 bits per heavy atom. The quantitative estimate of drug-likeness (QED) is 0.824. The van der Waals surface area contributed by atoms with Gasteiger partial charge in [0.15, 0.2) is 0 Å². The smallest absolute Gasteiger partial charge is 0.339 e. The molecule has 0 saturated carbocycles. The van der Waals surface area contributed by atoms with Gasteiger partial charge in [0.25, 0.3) is 0 Å². The number of aromatic carboxylic acids is 1. The molecule has 1 aromatic rings. The van der Waals surface area contributed by atoms with Crippen molar-refractivity contribution in [3.8, 4) is 0 Å². The van der Waals surface area contributed by atoms with Gasteiger partial charge < -0.3 is 10.0 Å². The van der Waals surface area contributed by atoms with Crippen molar-refractivity contribution in [1.82, 2.24) is 4.98 Å². The van der Waals surface area contributed by atoms with E-state index in [2.05, 4.69) is 18.8 Å². The van der Waals surface area contributed by atoms with Crippen LogP contribution in [0.1, 0.15) is 24.2 Å². The molecule has 1 fully saturated rings. The maximum absolute atomic E-state index is 11.1. The van der Waals surface area contributed by atoms with Crippen molar-refractivity contribution in [2.24, 2.45) is 11.8 Å². The molecule has 92 valence electrons. The third-order valence-corrected chi connectivity index (χ3v) is 3.57. The van der Waals surface area contributed by atoms with Crippen LogP contribution in [0.15, 0.2) is 12.1 Å². The highest BCUT2D eigenvalue weighted by atomic mass is 35.5. The molecule has 0 aliphatic carbocycles. The number of carboxylic acids is 1. The minimum atomic E-state index is -0.962. The highest BCUT2D eigenvalue weighted by molar-refractivity contribution is 6.29. The molecule has 0 bridgehead atoms. The molecule has 1 N–H and O–H groups in total. The number of nitrogens with zero attached hydrogens (tertiary/aromatic N) is 2. The van der Waals surface area contributed by atoms with Crippen LogP contribution in [-0.2, 0) is 0 Å². The number of carboxylic acid groups (broad SMARTS) is 1. The van der Waals surface area contributed by atoms with Gasteiger partial charge in [-0.1, -0.05) is 25.4 Å². The van der Waals surface area contributed by atoms with Crippen LogP contribution < -0.4 is 4.90 Å². The van der Waals surface area contributed by atoms with E-state index >= 15 is 0 Å². The largest absolute Gasteiger partial charge is 0.478 e. The van der Waals surface area contributed by atoms with Gasteiger partial charge in [0.2, 0.25) is 0 Å². The molecule has 2 unspecified atom stereocenters. The molecule has 17 heavy (non-hydrogen) atoms. The van der Waals surface area contributed by atoms with Crippen LogP contribution in [0.3, 0.4) is 0 Å². The van der Waals surface area contributed by atoms with Crippen molar-refractivity contribution < 1.29 is 9.90 Å². The number of halogens is 1. The Morgan fingerprint density at radius 2 is 2.00 bits per heavy atom. The monoisotopic (exact) mass is 254 g/mol. The first kappa shape index (κ1) is 12.2. The molecule has 2 heterocycles. The van der Waals surface area contributed by atoms with Crippen LogP contribution in [0, 0.1) is 11.8 Å². The van der Waals surface area contributed by atoms with Crippen LogP contribution in [0.5, 0.6) is 0 Å². The van der Waals surface area contributed by atoms with Gasteiger partial charge in [-0.3, -0.25) is 0 Å². The van der Waals surface area contributed by atoms with Gasteiger partial charge in [0.05, 0.1) is 0 Å². The number of anilines is 1. The summed E-state index contributed by atoms with van der Waals surface area (Å²) in [5, 5.41) is 9.47. The summed E-state index contributed by atoms with van der Waals surface area (Å²) >= 11 is 5.84. The SMILES string of the molecule is CC1CN(c2nc(Cl)ccc2C(=O)O)CC1C. The highest BCUT2D eigenvalue weighted by Crippen LogP contribution is 2.29. The maximum Gasteiger partial charge on any atom is 0.339 e. The van der Waals surface area contributed by atoms with Crippen LogP contribution >= 0.6 is 11.6 Å². The fourth-order valence-electron chi connectivity index (χ4n) is 2.14. The Balaban J connectivity index is 2.37. The number of hydrogen-bond donors (Lipinski definition) is 1. The van der Waals surface area contributed by atoms with Crippen molar-refractivity contribution >= 4 is 23.4 Å². The lowest BCUT2D eigenvalue weighted by atomic mass is 10.0. The van der Waals surface area contributed by atoms with E-state index in [-0.39, 0.29) is 5.56 Å². The number of rotatable bonds is 2. The molecule has 4 nitrogen and oxygen atoms in total. The molecule has 0 radical (unpaired) electrons. The average Bonchev–Trinajstić information content (AvgIpc) is 2.58. The lowest BCUT2D eigenvalue weighted by Gasteiger charge is -2.19. The van der Waals surface area contributed by atoms with Crippen LogP contribution in [0.4, 0.5) is 5.82 Å². The molecule has 2 atom stereocenters. The molecular formula is C12H15ClN2O2. The molecule has 1 aliphatic heterocycles. The van der Waals surface area contributed by atoms with Crippen LogP contribution in [0.2, 0.25) is 5.15 Å². The lowest BCUT2D eigenvalue weighted by Crippen LogP contribution is -2.23. The van der Waals surface area contributed by atoms with Crippen LogP contribution in [-0.4, -0.2) is 29.1 Å². The van der Waals surface area contributed by atoms with Gasteiger partial charge >= 0.3 is 5.97 Å². The summed E-state index contributed by atoms with van der Waals surface area (Å²) in [6.45, 7) is 5.98. The second-order valence-corrected chi connectivity index (χ2v) is 5.06. The molecule has 2 rings (SSSR count). The first-order chi connectivity index (χ1) is 7.99. The van der Waals surface area contributed by atoms with E-state index in [1.165, 1.54) is 12.1 Å². The van der Waals surface area contributed by atoms with E-state index in [1.54, 1.807) is 0 Å². The molecule has 0 aromatic carbocycles. The zero-order chi connectivity index (χ0) is 12.6. The van der Waals surface area contributed by atoms with Gasteiger partial charge in [-0.2, -0.15) is 0 Å². The van der Waals surface area contributed by atoms with Crippen molar-refractivity contribution in [2.45, 2.75) is 13.8 Å². The number of pyridine rings is 1. The Morgan fingerprint density at radius 1 is 1.41 bits per heavy atom. The fraction of sp³-hybridized carbons (Fsp3) is 0.500. The zero-order valence-electron chi connectivity index (χ0n) is 9.85. The summed E-state index contributed by atoms with van der Waals surface area (Å²) in [6.07, 6.45) is 0. The van der Waals surface area contributed by atoms with E-state index in [0.717, 1.165) is 13.1 Å². The zero-order valence-corrected chi connectivity index (χ0v) is 10.6. The van der Waals surface area contributed by atoms with Gasteiger partial charge in [-0.05, 0) is 24.0 Å². The van der Waals surface area contributed by atoms with Gasteiger partial charge in [-0.25, -0.2) is 9.78 Å². The van der Waals surface area contributed by atoms with E-state index in [9.17, 15) is 4.79 Å². The van der Waals surface area contributed by atoms with Crippen molar-refractivity contribution in [3.05, 3.63) is 22.8 Å². The average molecular weight is 255 g/mol. The molecule has 1 saturated heterocycles. The summed E-state index contributed by atoms with van der Waals surface area (Å²) in [4.78, 5) is 17.3. The number of hydrogen-bond acceptors (Lipinski definition) is 3. The summed E-state index contributed by atoms with van der Waals surface area (Å²) in [6, 6.07) is 3.03. The summed E-state index contributed by atoms with van der Waals surface area (Å²) in [5.74, 6) is 0.604. The summed E-state index contributed by atoms with van der Waals surface area (Å²) in [5.41, 5.74) is 0.218. The Hall–Kier alpha value is -1.29. The molecule has 1 aromatic heterocycles. The van der Waals surface area contributed by atoms with Crippen LogP contribution in [0.25, 0.3) is 0 Å². The topological polar surface area (TPSA) is 53.4 Å². The van der Waals surface area contributed by atoms with E-state index < -0.39 is 5.97 Å². The Bertz CT molecular complexity index is 440. The molecule has 1 aliphatic rings. The lowest BCUT2D eigenvalue weighted by molar-refractivity contribution is 0.0697. The number of carbonyl (C=O) groups is 1. The first-order valence-corrected chi connectivity index (χ1v) is 6.01. The minimum absolute atomic E-state index is 0.218. The predicted octanol–water partition coefficient (Wildman–Crippen LogP) is 2.53. The molecule has 0 spiro atoms. The first-order valence-electron chi connectivity index (χ1n) is 5.64. The Kier molecular flexibility index (Phi) is 3.24. The summed E-state index contributed by atoms with van der Waals surface area (Å²) < 4.78 is 0. The van der Waals surface area contributed by atoms with E-state index in [1.807, 2.05) is 4.90 Å². The summed E-state index contributed by atoms with van der Waals surface area (Å²) in [7, 11) is 0. The normalized spacial score (nSPS) is 24.1. The predicted molar refractivity (Wildman–Crippen MR) is 66.7 cm³/mol. The fourth-order valence-corrected chi connectivity index (χ4v) is 2.28. The Labute approximate surface area is 105 Å².